The molecule has 0 spiro atoms. The van der Waals surface area contributed by atoms with Crippen LogP contribution in [0.25, 0.3) is 10.9 Å². The van der Waals surface area contributed by atoms with Crippen LogP contribution in [0.5, 0.6) is 0 Å². The van der Waals surface area contributed by atoms with Crippen molar-refractivity contribution in [1.29, 1.82) is 0 Å². The summed E-state index contributed by atoms with van der Waals surface area (Å²) >= 11 is 0. The Bertz CT molecular complexity index is 530. The van der Waals surface area contributed by atoms with Gasteiger partial charge in [-0.25, -0.2) is 0 Å². The molecule has 3 heteroatoms. The molecule has 2 rings (SSSR count). The van der Waals surface area contributed by atoms with Gasteiger partial charge in [-0.15, -0.1) is 0 Å². The summed E-state index contributed by atoms with van der Waals surface area (Å²) in [7, 11) is 0. The molecule has 0 saturated heterocycles. The maximum absolute atomic E-state index is 4.76. The zero-order valence-corrected chi connectivity index (χ0v) is 13.0. The van der Waals surface area contributed by atoms with Gasteiger partial charge in [-0.3, -0.25) is 4.68 Å². The van der Waals surface area contributed by atoms with E-state index in [4.69, 9.17) is 5.10 Å². The van der Waals surface area contributed by atoms with Gasteiger partial charge in [0.2, 0.25) is 0 Å². The summed E-state index contributed by atoms with van der Waals surface area (Å²) in [6.07, 6.45) is 4.69. The highest BCUT2D eigenvalue weighted by atomic mass is 15.3. The average Bonchev–Trinajstić information content (AvgIpc) is 2.83. The van der Waals surface area contributed by atoms with Crippen molar-refractivity contribution in [3.63, 3.8) is 0 Å². The predicted octanol–water partition coefficient (Wildman–Crippen LogP) is 3.77. The van der Waals surface area contributed by atoms with Gasteiger partial charge in [-0.05, 0) is 52.1 Å². The fourth-order valence-corrected chi connectivity index (χ4v) is 2.69. The van der Waals surface area contributed by atoms with Crippen LogP contribution in [-0.4, -0.2) is 22.4 Å². The minimum Gasteiger partial charge on any atom is -0.314 e. The third-order valence-electron chi connectivity index (χ3n) is 3.83. The Labute approximate surface area is 122 Å². The number of hydrogen-bond acceptors (Lipinski definition) is 2. The van der Waals surface area contributed by atoms with E-state index in [0.29, 0.717) is 6.04 Å². The smallest absolute Gasteiger partial charge is 0.0703 e. The molecule has 3 nitrogen and oxygen atoms in total. The van der Waals surface area contributed by atoms with Crippen LogP contribution in [-0.2, 0) is 13.0 Å². The van der Waals surface area contributed by atoms with Crippen LogP contribution < -0.4 is 5.32 Å². The maximum atomic E-state index is 4.76. The molecule has 1 unspecified atom stereocenters. The summed E-state index contributed by atoms with van der Waals surface area (Å²) in [6, 6.07) is 9.17. The third kappa shape index (κ3) is 3.60. The Kier molecular flexibility index (Phi) is 5.60. The highest BCUT2D eigenvalue weighted by molar-refractivity contribution is 5.81. The van der Waals surface area contributed by atoms with Gasteiger partial charge in [0.25, 0.3) is 0 Å². The molecule has 1 aromatic carbocycles. The summed E-state index contributed by atoms with van der Waals surface area (Å²) < 4.78 is 2.11. The molecule has 0 fully saturated rings. The number of para-hydroxylation sites is 1. The van der Waals surface area contributed by atoms with Gasteiger partial charge in [-0.2, -0.15) is 5.10 Å². The zero-order chi connectivity index (χ0) is 14.4. The first-order valence-electron chi connectivity index (χ1n) is 7.94. The van der Waals surface area contributed by atoms with Crippen LogP contribution in [0.2, 0.25) is 0 Å². The third-order valence-corrected chi connectivity index (χ3v) is 3.83. The minimum atomic E-state index is 0.606. The number of rotatable bonds is 8. The molecule has 2 aromatic rings. The maximum Gasteiger partial charge on any atom is 0.0703 e. The van der Waals surface area contributed by atoms with E-state index in [1.54, 1.807) is 0 Å². The molecule has 1 atom stereocenters. The van der Waals surface area contributed by atoms with E-state index in [1.807, 2.05) is 0 Å². The van der Waals surface area contributed by atoms with Crippen molar-refractivity contribution in [3.8, 4) is 0 Å². The fraction of sp³-hybridized carbons (Fsp3) is 0.588. The van der Waals surface area contributed by atoms with Crippen molar-refractivity contribution in [3.05, 3.63) is 30.0 Å². The topological polar surface area (TPSA) is 29.9 Å². The molecule has 1 aromatic heterocycles. The summed E-state index contributed by atoms with van der Waals surface area (Å²) in [5.74, 6) is 0. The highest BCUT2D eigenvalue weighted by Crippen LogP contribution is 2.20. The first kappa shape index (κ1) is 15.0. The molecular weight excluding hydrogens is 246 g/mol. The van der Waals surface area contributed by atoms with Crippen molar-refractivity contribution >= 4 is 10.9 Å². The molecule has 1 N–H and O–H groups in total. The molecule has 110 valence electrons. The zero-order valence-electron chi connectivity index (χ0n) is 13.0. The Balaban J connectivity index is 1.96. The molecule has 0 aliphatic carbocycles. The molecule has 0 aliphatic heterocycles. The van der Waals surface area contributed by atoms with E-state index < -0.39 is 0 Å². The number of aromatic nitrogens is 2. The SMILES string of the molecule is CCCNC(C)CCCc1nn(CC)c2ccccc12. The fourth-order valence-electron chi connectivity index (χ4n) is 2.69. The number of nitrogens with one attached hydrogen (secondary N) is 1. The summed E-state index contributed by atoms with van der Waals surface area (Å²) in [6.45, 7) is 8.70. The van der Waals surface area contributed by atoms with Crippen LogP contribution in [0.4, 0.5) is 0 Å². The van der Waals surface area contributed by atoms with Crippen LogP contribution in [0.3, 0.4) is 0 Å². The first-order chi connectivity index (χ1) is 9.76. The molecule has 0 saturated carbocycles. The second kappa shape index (κ2) is 7.44. The highest BCUT2D eigenvalue weighted by Gasteiger charge is 2.09. The van der Waals surface area contributed by atoms with Crippen molar-refractivity contribution in [2.24, 2.45) is 0 Å². The lowest BCUT2D eigenvalue weighted by Gasteiger charge is -2.12. The van der Waals surface area contributed by atoms with Gasteiger partial charge in [0, 0.05) is 18.0 Å². The van der Waals surface area contributed by atoms with Crippen molar-refractivity contribution in [1.82, 2.24) is 15.1 Å². The normalized spacial score (nSPS) is 12.9. The Hall–Kier alpha value is -1.35. The number of hydrogen-bond donors (Lipinski definition) is 1. The number of nitrogens with zero attached hydrogens (tertiary/aromatic N) is 2. The van der Waals surface area contributed by atoms with Gasteiger partial charge in [0.1, 0.15) is 0 Å². The van der Waals surface area contributed by atoms with Gasteiger partial charge in [0.05, 0.1) is 11.2 Å². The second-order valence-corrected chi connectivity index (χ2v) is 5.53. The Morgan fingerprint density at radius 1 is 1.25 bits per heavy atom. The largest absolute Gasteiger partial charge is 0.314 e. The van der Waals surface area contributed by atoms with Gasteiger partial charge in [0.15, 0.2) is 0 Å². The van der Waals surface area contributed by atoms with E-state index in [2.05, 4.69) is 55.0 Å². The van der Waals surface area contributed by atoms with Gasteiger partial charge < -0.3 is 5.32 Å². The second-order valence-electron chi connectivity index (χ2n) is 5.53. The van der Waals surface area contributed by atoms with Gasteiger partial charge in [-0.1, -0.05) is 25.1 Å². The van der Waals surface area contributed by atoms with E-state index in [1.165, 1.54) is 35.9 Å². The molecule has 0 radical (unpaired) electrons. The monoisotopic (exact) mass is 273 g/mol. The predicted molar refractivity (Wildman–Crippen MR) is 86.1 cm³/mol. The van der Waals surface area contributed by atoms with E-state index in [9.17, 15) is 0 Å². The van der Waals surface area contributed by atoms with Crippen molar-refractivity contribution in [2.75, 3.05) is 6.54 Å². The summed E-state index contributed by atoms with van der Waals surface area (Å²) in [4.78, 5) is 0. The lowest BCUT2D eigenvalue weighted by Crippen LogP contribution is -2.26. The number of fused-ring (bicyclic) bond motifs is 1. The van der Waals surface area contributed by atoms with E-state index in [-0.39, 0.29) is 0 Å². The number of aryl methyl sites for hydroxylation is 2. The van der Waals surface area contributed by atoms with Crippen molar-refractivity contribution < 1.29 is 0 Å². The minimum absolute atomic E-state index is 0.606. The number of benzene rings is 1. The molecule has 0 amide bonds. The summed E-state index contributed by atoms with van der Waals surface area (Å²) in [5, 5.41) is 9.63. The first-order valence-corrected chi connectivity index (χ1v) is 7.94. The summed E-state index contributed by atoms with van der Waals surface area (Å²) in [5.41, 5.74) is 2.52. The average molecular weight is 273 g/mol. The Morgan fingerprint density at radius 2 is 2.05 bits per heavy atom. The van der Waals surface area contributed by atoms with Crippen LogP contribution in [0, 0.1) is 0 Å². The lowest BCUT2D eigenvalue weighted by molar-refractivity contribution is 0.496. The Morgan fingerprint density at radius 3 is 2.80 bits per heavy atom. The molecule has 20 heavy (non-hydrogen) atoms. The van der Waals surface area contributed by atoms with Crippen LogP contribution in [0.1, 0.15) is 45.7 Å². The molecule has 1 heterocycles. The van der Waals surface area contributed by atoms with Crippen LogP contribution in [0.15, 0.2) is 24.3 Å². The quantitative estimate of drug-likeness (QED) is 0.793. The van der Waals surface area contributed by atoms with E-state index >= 15 is 0 Å². The molecule has 0 bridgehead atoms. The van der Waals surface area contributed by atoms with Gasteiger partial charge >= 0.3 is 0 Å². The van der Waals surface area contributed by atoms with E-state index in [0.717, 1.165) is 19.5 Å². The molecular formula is C17H27N3. The van der Waals surface area contributed by atoms with Crippen molar-refractivity contribution in [2.45, 2.75) is 59.0 Å². The van der Waals surface area contributed by atoms with Crippen LogP contribution >= 0.6 is 0 Å². The lowest BCUT2D eigenvalue weighted by atomic mass is 10.1. The standard InChI is InChI=1S/C17H27N3/c1-4-13-18-14(3)9-8-11-16-15-10-6-7-12-17(15)20(5-2)19-16/h6-7,10,12,14,18H,4-5,8-9,11,13H2,1-3H3. The molecule has 0 aliphatic rings.